The van der Waals surface area contributed by atoms with Crippen molar-refractivity contribution in [3.05, 3.63) is 102 Å². The van der Waals surface area contributed by atoms with E-state index in [0.29, 0.717) is 11.5 Å². The number of ether oxygens (including phenoxy) is 4. The summed E-state index contributed by atoms with van der Waals surface area (Å²) < 4.78 is 65.3. The predicted octanol–water partition coefficient (Wildman–Crippen LogP) is 4.58. The first-order chi connectivity index (χ1) is 24.2. The van der Waals surface area contributed by atoms with Crippen molar-refractivity contribution in [1.29, 1.82) is 0 Å². The third kappa shape index (κ3) is 9.36. The Bertz CT molecular complexity index is 1970. The maximum Gasteiger partial charge on any atom is 0.429 e. The number of imidazole rings is 2. The zero-order valence-electron chi connectivity index (χ0n) is 30.3. The zero-order chi connectivity index (χ0) is 37.5. The Kier molecular flexibility index (Phi) is 14.1. The Morgan fingerprint density at radius 3 is 1.56 bits per heavy atom. The molecule has 52 heavy (non-hydrogen) atoms. The van der Waals surface area contributed by atoms with Crippen LogP contribution >= 0.6 is 0 Å². The maximum atomic E-state index is 12.1. The molecule has 0 fully saturated rings. The Morgan fingerprint density at radius 1 is 0.750 bits per heavy atom. The third-order valence-corrected chi connectivity index (χ3v) is 7.90. The van der Waals surface area contributed by atoms with E-state index in [-0.39, 0.29) is 31.6 Å². The minimum atomic E-state index is -4.57. The van der Waals surface area contributed by atoms with Crippen LogP contribution in [0.1, 0.15) is 28.6 Å². The number of hydrogen-bond acceptors (Lipinski definition) is 7. The minimum absolute atomic E-state index is 0. The van der Waals surface area contributed by atoms with E-state index in [0.717, 1.165) is 45.6 Å². The van der Waals surface area contributed by atoms with Gasteiger partial charge in [-0.1, -0.05) is 18.2 Å². The molecule has 0 aliphatic heterocycles. The number of hydrogen-bond donors (Lipinski definition) is 0. The molecule has 6 rings (SSSR count). The monoisotopic (exact) mass is 896 g/mol. The molecule has 279 valence electrons. The Labute approximate surface area is 314 Å². The molecular formula is C36H38F3IrN8O4-3. The molecule has 4 heterocycles. The quantitative estimate of drug-likeness (QED) is 0.170. The topological polar surface area (TPSA) is 107 Å². The first-order valence-corrected chi connectivity index (χ1v) is 15.3. The summed E-state index contributed by atoms with van der Waals surface area (Å²) in [6, 6.07) is 18.4. The van der Waals surface area contributed by atoms with Crippen molar-refractivity contribution in [3.63, 3.8) is 0 Å². The smallest absolute Gasteiger partial charge is 0.429 e. The van der Waals surface area contributed by atoms with Crippen molar-refractivity contribution >= 4 is 0 Å². The molecule has 0 aliphatic carbocycles. The molecule has 0 unspecified atom stereocenters. The summed E-state index contributed by atoms with van der Waals surface area (Å²) in [6.45, 7) is 8.20. The molecule has 0 bridgehead atoms. The van der Waals surface area contributed by atoms with Gasteiger partial charge in [0, 0.05) is 72.1 Å². The second-order valence-corrected chi connectivity index (χ2v) is 10.9. The Balaban J connectivity index is 0.000000209. The van der Waals surface area contributed by atoms with Gasteiger partial charge in [0.2, 0.25) is 12.7 Å². The van der Waals surface area contributed by atoms with Crippen LogP contribution in [0, 0.1) is 52.5 Å². The van der Waals surface area contributed by atoms with Crippen LogP contribution in [0.2, 0.25) is 0 Å². The van der Waals surface area contributed by atoms with Crippen LogP contribution in [0.5, 0.6) is 23.0 Å². The van der Waals surface area contributed by atoms with Gasteiger partial charge in [-0.05, 0) is 57.0 Å². The van der Waals surface area contributed by atoms with E-state index in [4.69, 9.17) is 18.9 Å². The summed E-state index contributed by atoms with van der Waals surface area (Å²) in [4.78, 5) is 7.05. The van der Waals surface area contributed by atoms with E-state index in [2.05, 4.69) is 58.8 Å². The predicted molar refractivity (Wildman–Crippen MR) is 178 cm³/mol. The average Bonchev–Trinajstić information content (AvgIpc) is 3.82. The van der Waals surface area contributed by atoms with Gasteiger partial charge in [0.15, 0.2) is 0 Å². The number of rotatable bonds is 7. The number of halogens is 3. The van der Waals surface area contributed by atoms with Gasteiger partial charge in [0.25, 0.3) is 0 Å². The van der Waals surface area contributed by atoms with Crippen LogP contribution < -0.4 is 33.2 Å². The number of aryl methyl sites for hydroxylation is 2. The average molecular weight is 896 g/mol. The van der Waals surface area contributed by atoms with Crippen molar-refractivity contribution in [1.82, 2.24) is 29.3 Å². The molecule has 2 aromatic carbocycles. The summed E-state index contributed by atoms with van der Waals surface area (Å²) in [5.74, 6) is 1.50. The molecule has 0 aliphatic rings. The number of methoxy groups -OCH3 is 4. The molecule has 4 aromatic heterocycles. The van der Waals surface area contributed by atoms with E-state index < -0.39 is 12.0 Å². The van der Waals surface area contributed by atoms with Gasteiger partial charge in [-0.15, -0.1) is 12.1 Å². The summed E-state index contributed by atoms with van der Waals surface area (Å²) in [5, 5.41) is 6.25. The van der Waals surface area contributed by atoms with Gasteiger partial charge in [-0.3, -0.25) is 10.1 Å². The van der Waals surface area contributed by atoms with Crippen molar-refractivity contribution < 1.29 is 61.4 Å². The number of alkyl halides is 3. The van der Waals surface area contributed by atoms with Crippen LogP contribution in [-0.2, 0) is 40.4 Å². The number of benzene rings is 2. The van der Waals surface area contributed by atoms with E-state index in [9.17, 15) is 13.2 Å². The van der Waals surface area contributed by atoms with Gasteiger partial charge in [-0.25, -0.2) is 0 Å². The van der Waals surface area contributed by atoms with Crippen LogP contribution in [0.25, 0.3) is 22.9 Å². The molecule has 12 nitrogen and oxygen atoms in total. The van der Waals surface area contributed by atoms with Gasteiger partial charge >= 0.3 is 6.18 Å². The zero-order valence-corrected chi connectivity index (χ0v) is 32.7. The van der Waals surface area contributed by atoms with E-state index >= 15 is 0 Å². The molecular weight excluding hydrogens is 858 g/mol. The molecule has 0 saturated heterocycles. The molecule has 0 amide bonds. The van der Waals surface area contributed by atoms with Crippen LogP contribution in [0.4, 0.5) is 13.2 Å². The normalized spacial score (nSPS) is 10.6. The van der Waals surface area contributed by atoms with Gasteiger partial charge < -0.3 is 47.3 Å². The van der Waals surface area contributed by atoms with Crippen molar-refractivity contribution in [2.45, 2.75) is 33.9 Å². The van der Waals surface area contributed by atoms with Crippen molar-refractivity contribution in [3.8, 4) is 45.9 Å². The molecule has 0 saturated carbocycles. The van der Waals surface area contributed by atoms with Gasteiger partial charge in [-0.2, -0.15) is 25.3 Å². The Hall–Kier alpha value is -5.21. The molecule has 1 radical (unpaired) electrons. The first kappa shape index (κ1) is 41.2. The first-order valence-electron chi connectivity index (χ1n) is 15.3. The standard InChI is InChI=1S/2C14H17N2O2.C8H4F3N4.Ir/c2*1-10-11(2)16(9-15(10)3)13-7-6-12(17-4)8-14(13)18-5;9-8(10,11)7-13-6(14-15-7)5-3-1-2-4-12-5;/h2*6,8H,1-5H3;1-4H;/q3*-1;. The van der Waals surface area contributed by atoms with Crippen LogP contribution in [0.3, 0.4) is 0 Å². The van der Waals surface area contributed by atoms with E-state index in [1.807, 2.05) is 58.3 Å². The molecule has 6 aromatic rings. The van der Waals surface area contributed by atoms with Crippen LogP contribution in [-0.4, -0.2) is 52.6 Å². The van der Waals surface area contributed by atoms with E-state index in [1.165, 1.54) is 12.3 Å². The number of aromatic nitrogens is 8. The number of nitrogens with zero attached hydrogens (tertiary/aromatic N) is 8. The fourth-order valence-electron chi connectivity index (χ4n) is 4.60. The molecule has 0 spiro atoms. The maximum absolute atomic E-state index is 12.1. The van der Waals surface area contributed by atoms with Gasteiger partial charge in [0.1, 0.15) is 5.82 Å². The second kappa shape index (κ2) is 17.8. The largest absolute Gasteiger partial charge is 0.560 e. The number of pyridine rings is 1. The molecule has 0 N–H and O–H groups in total. The third-order valence-electron chi connectivity index (χ3n) is 7.90. The van der Waals surface area contributed by atoms with Crippen molar-refractivity contribution in [2.24, 2.45) is 14.1 Å². The summed E-state index contributed by atoms with van der Waals surface area (Å²) in [5.41, 5.74) is 6.46. The Morgan fingerprint density at radius 2 is 1.23 bits per heavy atom. The fraction of sp³-hybridized carbons (Fsp3) is 0.306. The molecule has 0 atom stereocenters. The molecule has 16 heteroatoms. The van der Waals surface area contributed by atoms with Crippen molar-refractivity contribution in [2.75, 3.05) is 28.4 Å². The summed E-state index contributed by atoms with van der Waals surface area (Å²) in [7, 11) is 10.5. The van der Waals surface area contributed by atoms with E-state index in [1.54, 1.807) is 52.7 Å². The fourth-order valence-corrected chi connectivity index (χ4v) is 4.60. The summed E-state index contributed by atoms with van der Waals surface area (Å²) in [6.07, 6.45) is 3.32. The summed E-state index contributed by atoms with van der Waals surface area (Å²) >= 11 is 0. The minimum Gasteiger partial charge on any atom is -0.560 e. The van der Waals surface area contributed by atoms with Gasteiger partial charge in [0.05, 0.1) is 48.2 Å². The SMILES string of the molecule is COc1c[c-]c(-n2[c-][n+](C)c(C)c2C)c(OC)c1.COc1c[c-]c(-n2[c-][n+](C)c(C)c2C)c(OC)c1.FC(F)(F)c1n[n-]c(-c2ccccn2)n1.[Ir]. The van der Waals surface area contributed by atoms with Crippen LogP contribution in [0.15, 0.2) is 48.7 Å². The second-order valence-electron chi connectivity index (χ2n) is 10.9.